The van der Waals surface area contributed by atoms with Gasteiger partial charge in [0.1, 0.15) is 17.6 Å². The number of nitrogens with one attached hydrogen (secondary N) is 2. The number of sulfonamides is 1. The Labute approximate surface area is 356 Å². The topological polar surface area (TPSA) is 185 Å². The summed E-state index contributed by atoms with van der Waals surface area (Å²) in [6.45, 7) is 7.95. The number of carbonyl (C=O) groups excluding carboxylic acids is 3. The zero-order chi connectivity index (χ0) is 45.0. The lowest BCUT2D eigenvalue weighted by atomic mass is 9.86. The van der Waals surface area contributed by atoms with Crippen LogP contribution in [0.1, 0.15) is 92.9 Å². The Bertz CT molecular complexity index is 2210. The van der Waals surface area contributed by atoms with Gasteiger partial charge >= 0.3 is 12.1 Å². The van der Waals surface area contributed by atoms with E-state index in [1.165, 1.54) is 38.1 Å². The molecule has 1 saturated heterocycles. The molecular formula is C41H52ClF4N5O9S. The number of carboxylic acid groups (broad SMARTS) is 1. The number of hydrogen-bond donors (Lipinski definition) is 3. The molecule has 4 aliphatic rings. The molecule has 3 N–H and O–H groups in total. The first-order chi connectivity index (χ1) is 28.4. The third-order valence-corrected chi connectivity index (χ3v) is 15.2. The molecule has 336 valence electrons. The fourth-order valence-corrected chi connectivity index (χ4v) is 10.0. The number of halogens is 5. The summed E-state index contributed by atoms with van der Waals surface area (Å²) in [6.07, 6.45) is -0.0448. The molecule has 1 unspecified atom stereocenters. The van der Waals surface area contributed by atoms with Crippen molar-refractivity contribution in [1.82, 2.24) is 24.8 Å². The van der Waals surface area contributed by atoms with Crippen molar-refractivity contribution in [1.29, 1.82) is 0 Å². The molecule has 20 heteroatoms. The number of hydrogen-bond acceptors (Lipinski definition) is 9. The van der Waals surface area contributed by atoms with E-state index in [1.807, 2.05) is 6.92 Å². The highest BCUT2D eigenvalue weighted by atomic mass is 35.5. The molecule has 2 aliphatic heterocycles. The summed E-state index contributed by atoms with van der Waals surface area (Å²) in [7, 11) is -4.22. The van der Waals surface area contributed by atoms with Gasteiger partial charge in [0.25, 0.3) is 18.2 Å². The van der Waals surface area contributed by atoms with Gasteiger partial charge in [0, 0.05) is 40.2 Å². The van der Waals surface area contributed by atoms with Gasteiger partial charge in [0.15, 0.2) is 12.2 Å². The first-order valence-corrected chi connectivity index (χ1v) is 22.2. The number of allylic oxidation sites excluding steroid dienone is 1. The minimum atomic E-state index is -4.45. The van der Waals surface area contributed by atoms with E-state index in [1.54, 1.807) is 26.0 Å². The lowest BCUT2D eigenvalue weighted by Gasteiger charge is -2.42. The summed E-state index contributed by atoms with van der Waals surface area (Å²) in [4.78, 5) is 61.8. The predicted octanol–water partition coefficient (Wildman–Crippen LogP) is 6.90. The van der Waals surface area contributed by atoms with Gasteiger partial charge in [0.05, 0.1) is 4.75 Å². The molecule has 3 fully saturated rings. The Morgan fingerprint density at radius 1 is 1.15 bits per heavy atom. The number of fused-ring (bicyclic) bond motifs is 3. The van der Waals surface area contributed by atoms with Gasteiger partial charge in [-0.05, 0) is 89.7 Å². The van der Waals surface area contributed by atoms with Crippen molar-refractivity contribution >= 4 is 56.2 Å². The van der Waals surface area contributed by atoms with Crippen LogP contribution in [-0.2, 0) is 24.4 Å². The monoisotopic (exact) mass is 901 g/mol. The van der Waals surface area contributed by atoms with Gasteiger partial charge in [0.2, 0.25) is 27.7 Å². The van der Waals surface area contributed by atoms with Gasteiger partial charge in [-0.25, -0.2) is 22.0 Å². The van der Waals surface area contributed by atoms with Crippen molar-refractivity contribution in [3.63, 3.8) is 0 Å². The maximum Gasteiger partial charge on any atom is 0.408 e. The number of ether oxygens (including phenoxy) is 2. The lowest BCUT2D eigenvalue weighted by molar-refractivity contribution is -0.219. The van der Waals surface area contributed by atoms with Crippen molar-refractivity contribution in [2.45, 2.75) is 139 Å². The van der Waals surface area contributed by atoms with Crippen LogP contribution in [0.2, 0.25) is 5.02 Å². The molecule has 2 aliphatic carbocycles. The van der Waals surface area contributed by atoms with Crippen LogP contribution in [0.25, 0.3) is 10.8 Å². The highest BCUT2D eigenvalue weighted by Gasteiger charge is 2.71. The Kier molecular flexibility index (Phi) is 12.6. The Morgan fingerprint density at radius 3 is 2.46 bits per heavy atom. The molecule has 0 spiro atoms. The standard InChI is InChI=1S/C41H52ClF4N5O9S/c1-7-24(4)50(37(55)56)32-23(3)17-22(2)11-8-9-12-25-19-40(25,36(54)49-61(57,58)38(5)15-16-38)48-33(52)29-20-39(6,41(45,46)51(29)35(32)53)60-34-26-13-10-14-28(42)27(26)18-31(47-34)59-21-30(43)44/h9-10,12-14,18,22-25,29-30,32H,7-8,11,15-17,19-21H2,1-6H3,(H,48,52)(H,49,54)(H,55,56)/b12-9-/t22-,23+,24?,25+,29-,32-,39+,40+/m0/s1. The van der Waals surface area contributed by atoms with Crippen LogP contribution in [0.4, 0.5) is 22.4 Å². The van der Waals surface area contributed by atoms with Crippen LogP contribution in [-0.4, -0.2) is 105 Å². The second kappa shape index (κ2) is 16.7. The SMILES string of the molecule is CCC(C)N(C(=O)O)[C@@H]1C(=O)N2[C@@H](C[C@@](C)(Oc3nc(OCC(F)F)cc4c(Cl)cccc34)C2(F)F)C(=O)N[C@]2(C(=O)NS(=O)(=O)C3(C)CC3)C[C@H]2/C=C\CC[C@H](C)C[C@H]1C. The number of pyridine rings is 1. The smallest absolute Gasteiger partial charge is 0.408 e. The zero-order valence-electron chi connectivity index (χ0n) is 34.7. The van der Waals surface area contributed by atoms with Gasteiger partial charge in [-0.15, -0.1) is 0 Å². The van der Waals surface area contributed by atoms with Crippen molar-refractivity contribution in [3.8, 4) is 11.8 Å². The van der Waals surface area contributed by atoms with Crippen LogP contribution in [0.3, 0.4) is 0 Å². The van der Waals surface area contributed by atoms with Gasteiger partial charge < -0.3 is 19.9 Å². The molecule has 0 bridgehead atoms. The third kappa shape index (κ3) is 8.69. The second-order valence-corrected chi connectivity index (χ2v) is 20.1. The Morgan fingerprint density at radius 2 is 1.84 bits per heavy atom. The molecular weight excluding hydrogens is 850 g/mol. The van der Waals surface area contributed by atoms with Gasteiger partial charge in [-0.3, -0.25) is 28.9 Å². The van der Waals surface area contributed by atoms with Crippen molar-refractivity contribution in [3.05, 3.63) is 41.4 Å². The fourth-order valence-electron chi connectivity index (χ4n) is 8.48. The Balaban J connectivity index is 1.49. The number of alkyl halides is 4. The molecule has 1 aromatic carbocycles. The molecule has 4 amide bonds. The van der Waals surface area contributed by atoms with Crippen LogP contribution < -0.4 is 19.5 Å². The average molecular weight is 902 g/mol. The largest absolute Gasteiger partial charge is 0.471 e. The molecule has 14 nitrogen and oxygen atoms in total. The van der Waals surface area contributed by atoms with E-state index in [4.69, 9.17) is 21.1 Å². The maximum absolute atomic E-state index is 17.7. The molecule has 61 heavy (non-hydrogen) atoms. The lowest BCUT2D eigenvalue weighted by Crippen LogP contribution is -2.64. The first-order valence-electron chi connectivity index (χ1n) is 20.4. The summed E-state index contributed by atoms with van der Waals surface area (Å²) in [6, 6.07) is -3.61. The summed E-state index contributed by atoms with van der Waals surface area (Å²) in [5.74, 6) is -6.50. The molecule has 2 aromatic rings. The molecule has 0 radical (unpaired) electrons. The number of carbonyl (C=O) groups is 4. The minimum absolute atomic E-state index is 0.0131. The average Bonchev–Trinajstić information content (AvgIpc) is 4.08. The van der Waals surface area contributed by atoms with Crippen molar-refractivity contribution < 1.29 is 59.7 Å². The van der Waals surface area contributed by atoms with E-state index in [0.29, 0.717) is 25.7 Å². The highest BCUT2D eigenvalue weighted by Crippen LogP contribution is 2.52. The second-order valence-electron chi connectivity index (χ2n) is 17.5. The number of rotatable bonds is 11. The molecule has 3 heterocycles. The maximum atomic E-state index is 17.7. The fraction of sp³-hybridized carbons (Fsp3) is 0.634. The third-order valence-electron chi connectivity index (χ3n) is 12.8. The van der Waals surface area contributed by atoms with E-state index >= 15 is 13.6 Å². The van der Waals surface area contributed by atoms with E-state index in [-0.39, 0.29) is 45.9 Å². The highest BCUT2D eigenvalue weighted by molar-refractivity contribution is 7.91. The number of nitrogens with zero attached hydrogens (tertiary/aromatic N) is 3. The summed E-state index contributed by atoms with van der Waals surface area (Å²) in [5.41, 5.74) is -4.77. The van der Waals surface area contributed by atoms with Crippen LogP contribution in [0.5, 0.6) is 11.8 Å². The minimum Gasteiger partial charge on any atom is -0.471 e. The van der Waals surface area contributed by atoms with Gasteiger partial charge in [-0.1, -0.05) is 50.6 Å². The Hall–Kier alpha value is -4.39. The zero-order valence-corrected chi connectivity index (χ0v) is 36.3. The van der Waals surface area contributed by atoms with E-state index in [9.17, 15) is 36.7 Å². The van der Waals surface area contributed by atoms with E-state index in [0.717, 1.165) is 11.8 Å². The number of amides is 4. The quantitative estimate of drug-likeness (QED) is 0.122. The molecule has 1 aromatic heterocycles. The van der Waals surface area contributed by atoms with Crippen molar-refractivity contribution in [2.24, 2.45) is 17.8 Å². The number of aromatic nitrogens is 1. The molecule has 6 rings (SSSR count). The van der Waals surface area contributed by atoms with Crippen LogP contribution in [0.15, 0.2) is 36.4 Å². The first kappa shape index (κ1) is 46.1. The van der Waals surface area contributed by atoms with Gasteiger partial charge in [-0.2, -0.15) is 13.8 Å². The van der Waals surface area contributed by atoms with E-state index < -0.39 is 117 Å². The van der Waals surface area contributed by atoms with Crippen LogP contribution in [0, 0.1) is 17.8 Å². The summed E-state index contributed by atoms with van der Waals surface area (Å²) >= 11 is 6.42. The molecule has 8 atom stereocenters. The molecule has 2 saturated carbocycles. The normalized spacial score (nSPS) is 30.8. The summed E-state index contributed by atoms with van der Waals surface area (Å²) < 4.78 is 100. The van der Waals surface area contributed by atoms with Crippen LogP contribution >= 0.6 is 11.6 Å². The predicted molar refractivity (Wildman–Crippen MR) is 216 cm³/mol. The van der Waals surface area contributed by atoms with Crippen molar-refractivity contribution in [2.75, 3.05) is 6.61 Å². The van der Waals surface area contributed by atoms with E-state index in [2.05, 4.69) is 15.0 Å². The summed E-state index contributed by atoms with van der Waals surface area (Å²) in [5, 5.41) is 13.4. The number of benzene rings is 1.